The van der Waals surface area contributed by atoms with Crippen molar-refractivity contribution < 1.29 is 4.79 Å². The van der Waals surface area contributed by atoms with Crippen molar-refractivity contribution in [1.29, 1.82) is 0 Å². The van der Waals surface area contributed by atoms with Gasteiger partial charge >= 0.3 is 0 Å². The van der Waals surface area contributed by atoms with E-state index in [2.05, 4.69) is 22.4 Å². The SMILES string of the molecule is CCC[C@@]1(C(=O)c2ccc3[nH]ncc3c2)CCCN1. The van der Waals surface area contributed by atoms with Crippen molar-refractivity contribution in [1.82, 2.24) is 15.5 Å². The van der Waals surface area contributed by atoms with Crippen molar-refractivity contribution in [3.05, 3.63) is 30.0 Å². The third kappa shape index (κ3) is 2.06. The van der Waals surface area contributed by atoms with Gasteiger partial charge in [-0.2, -0.15) is 5.10 Å². The highest BCUT2D eigenvalue weighted by Gasteiger charge is 2.40. The number of carbonyl (C=O) groups excluding carboxylic acids is 1. The molecule has 100 valence electrons. The minimum atomic E-state index is -0.341. The molecule has 2 heterocycles. The van der Waals surface area contributed by atoms with Crippen LogP contribution < -0.4 is 5.32 Å². The Morgan fingerprint density at radius 3 is 3.11 bits per heavy atom. The van der Waals surface area contributed by atoms with E-state index in [-0.39, 0.29) is 11.3 Å². The Kier molecular flexibility index (Phi) is 3.11. The zero-order valence-corrected chi connectivity index (χ0v) is 11.2. The fourth-order valence-electron chi connectivity index (χ4n) is 3.11. The van der Waals surface area contributed by atoms with Crippen molar-refractivity contribution in [3.8, 4) is 0 Å². The third-order valence-corrected chi connectivity index (χ3v) is 4.06. The summed E-state index contributed by atoms with van der Waals surface area (Å²) >= 11 is 0. The van der Waals surface area contributed by atoms with Gasteiger partial charge in [0.1, 0.15) is 0 Å². The van der Waals surface area contributed by atoms with Crippen LogP contribution in [0.4, 0.5) is 0 Å². The van der Waals surface area contributed by atoms with Crippen LogP contribution in [0.3, 0.4) is 0 Å². The summed E-state index contributed by atoms with van der Waals surface area (Å²) in [5.41, 5.74) is 1.42. The minimum Gasteiger partial charge on any atom is -0.305 e. The first-order valence-electron chi connectivity index (χ1n) is 6.98. The highest BCUT2D eigenvalue weighted by atomic mass is 16.1. The van der Waals surface area contributed by atoms with Crippen LogP contribution >= 0.6 is 0 Å². The Balaban J connectivity index is 1.97. The number of benzene rings is 1. The van der Waals surface area contributed by atoms with Crippen molar-refractivity contribution in [3.63, 3.8) is 0 Å². The number of hydrogen-bond acceptors (Lipinski definition) is 3. The molecule has 1 aliphatic heterocycles. The van der Waals surface area contributed by atoms with E-state index in [9.17, 15) is 4.79 Å². The van der Waals surface area contributed by atoms with Crippen LogP contribution in [0.2, 0.25) is 0 Å². The number of aromatic amines is 1. The molecule has 0 aliphatic carbocycles. The number of nitrogens with one attached hydrogen (secondary N) is 2. The quantitative estimate of drug-likeness (QED) is 0.828. The van der Waals surface area contributed by atoms with Gasteiger partial charge in [-0.05, 0) is 44.0 Å². The molecule has 2 N–H and O–H groups in total. The third-order valence-electron chi connectivity index (χ3n) is 4.06. The molecule has 4 nitrogen and oxygen atoms in total. The lowest BCUT2D eigenvalue weighted by molar-refractivity contribution is 0.0858. The molecule has 1 atom stereocenters. The number of aromatic nitrogens is 2. The van der Waals surface area contributed by atoms with Crippen molar-refractivity contribution in [2.24, 2.45) is 0 Å². The van der Waals surface area contributed by atoms with E-state index in [1.165, 1.54) is 0 Å². The maximum atomic E-state index is 12.8. The highest BCUT2D eigenvalue weighted by Crippen LogP contribution is 2.29. The van der Waals surface area contributed by atoms with Crippen LogP contribution in [0.25, 0.3) is 10.9 Å². The molecule has 1 aliphatic rings. The van der Waals surface area contributed by atoms with Crippen LogP contribution in [0.15, 0.2) is 24.4 Å². The molecule has 1 saturated heterocycles. The van der Waals surface area contributed by atoms with Crippen molar-refractivity contribution >= 4 is 16.7 Å². The number of H-pyrrole nitrogens is 1. The molecule has 1 aromatic carbocycles. The number of Topliss-reactive ketones (excluding diaryl/α,β-unsaturated/α-hetero) is 1. The Labute approximate surface area is 112 Å². The number of carbonyl (C=O) groups is 1. The van der Waals surface area contributed by atoms with E-state index in [4.69, 9.17) is 0 Å². The highest BCUT2D eigenvalue weighted by molar-refractivity contribution is 6.05. The minimum absolute atomic E-state index is 0.231. The Hall–Kier alpha value is -1.68. The predicted molar refractivity (Wildman–Crippen MR) is 75.3 cm³/mol. The smallest absolute Gasteiger partial charge is 0.182 e. The van der Waals surface area contributed by atoms with Gasteiger partial charge in [-0.1, -0.05) is 13.3 Å². The Morgan fingerprint density at radius 1 is 1.47 bits per heavy atom. The first-order chi connectivity index (χ1) is 9.25. The summed E-state index contributed by atoms with van der Waals surface area (Å²) in [5.74, 6) is 0.231. The van der Waals surface area contributed by atoms with Crippen LogP contribution in [-0.4, -0.2) is 28.1 Å². The zero-order chi connectivity index (χ0) is 13.3. The second-order valence-corrected chi connectivity index (χ2v) is 5.36. The Morgan fingerprint density at radius 2 is 2.37 bits per heavy atom. The van der Waals surface area contributed by atoms with Crippen LogP contribution in [0.1, 0.15) is 43.0 Å². The van der Waals surface area contributed by atoms with Crippen molar-refractivity contribution in [2.75, 3.05) is 6.54 Å². The van der Waals surface area contributed by atoms with Crippen LogP contribution in [0, 0.1) is 0 Å². The van der Waals surface area contributed by atoms with Gasteiger partial charge in [-0.3, -0.25) is 9.89 Å². The maximum Gasteiger partial charge on any atom is 0.182 e. The van der Waals surface area contributed by atoms with Gasteiger partial charge in [0.05, 0.1) is 17.3 Å². The lowest BCUT2D eigenvalue weighted by Crippen LogP contribution is -2.47. The number of fused-ring (bicyclic) bond motifs is 1. The molecule has 19 heavy (non-hydrogen) atoms. The van der Waals surface area contributed by atoms with Crippen LogP contribution in [0.5, 0.6) is 0 Å². The topological polar surface area (TPSA) is 57.8 Å². The summed E-state index contributed by atoms with van der Waals surface area (Å²) in [6.07, 6.45) is 5.73. The molecular formula is C15H19N3O. The molecule has 3 rings (SSSR count). The summed E-state index contributed by atoms with van der Waals surface area (Å²) in [6, 6.07) is 5.78. The number of nitrogens with zero attached hydrogens (tertiary/aromatic N) is 1. The summed E-state index contributed by atoms with van der Waals surface area (Å²) in [7, 11) is 0. The monoisotopic (exact) mass is 257 g/mol. The molecular weight excluding hydrogens is 238 g/mol. The van der Waals surface area contributed by atoms with Gasteiger partial charge < -0.3 is 5.32 Å². The molecule has 4 heteroatoms. The second-order valence-electron chi connectivity index (χ2n) is 5.36. The van der Waals surface area contributed by atoms with Gasteiger partial charge in [0.15, 0.2) is 5.78 Å². The lowest BCUT2D eigenvalue weighted by Gasteiger charge is -2.27. The largest absolute Gasteiger partial charge is 0.305 e. The lowest BCUT2D eigenvalue weighted by atomic mass is 9.84. The van der Waals surface area contributed by atoms with E-state index < -0.39 is 0 Å². The first kappa shape index (κ1) is 12.4. The average Bonchev–Trinajstić information content (AvgIpc) is 3.06. The zero-order valence-electron chi connectivity index (χ0n) is 11.2. The van der Waals surface area contributed by atoms with E-state index in [0.717, 1.165) is 48.7 Å². The van der Waals surface area contributed by atoms with E-state index >= 15 is 0 Å². The number of rotatable bonds is 4. The molecule has 0 spiro atoms. The standard InChI is InChI=1S/C15H19N3O/c1-2-6-15(7-3-8-16-15)14(19)11-4-5-13-12(9-11)10-17-18-13/h4-5,9-10,16H,2-3,6-8H2,1H3,(H,17,18)/t15-/m0/s1. The molecule has 0 bridgehead atoms. The molecule has 0 amide bonds. The summed E-state index contributed by atoms with van der Waals surface area (Å²) in [4.78, 5) is 12.8. The molecule has 2 aromatic rings. The Bertz CT molecular complexity index is 596. The maximum absolute atomic E-state index is 12.8. The summed E-state index contributed by atoms with van der Waals surface area (Å²) in [6.45, 7) is 3.08. The van der Waals surface area contributed by atoms with Gasteiger partial charge in [0, 0.05) is 10.9 Å². The predicted octanol–water partition coefficient (Wildman–Crippen LogP) is 2.67. The van der Waals surface area contributed by atoms with Gasteiger partial charge in [-0.25, -0.2) is 0 Å². The van der Waals surface area contributed by atoms with Crippen LogP contribution in [-0.2, 0) is 0 Å². The molecule has 0 radical (unpaired) electrons. The number of hydrogen-bond donors (Lipinski definition) is 2. The first-order valence-corrected chi connectivity index (χ1v) is 6.98. The molecule has 0 saturated carbocycles. The van der Waals surface area contributed by atoms with E-state index in [0.29, 0.717) is 0 Å². The average molecular weight is 257 g/mol. The summed E-state index contributed by atoms with van der Waals surface area (Å²) < 4.78 is 0. The van der Waals surface area contributed by atoms with E-state index in [1.807, 2.05) is 18.2 Å². The molecule has 1 fully saturated rings. The second kappa shape index (κ2) is 4.78. The molecule has 0 unspecified atom stereocenters. The van der Waals surface area contributed by atoms with Crippen molar-refractivity contribution in [2.45, 2.75) is 38.1 Å². The summed E-state index contributed by atoms with van der Waals surface area (Å²) in [5, 5.41) is 11.3. The van der Waals surface area contributed by atoms with Gasteiger partial charge in [0.25, 0.3) is 0 Å². The van der Waals surface area contributed by atoms with Gasteiger partial charge in [-0.15, -0.1) is 0 Å². The fraction of sp³-hybridized carbons (Fsp3) is 0.467. The van der Waals surface area contributed by atoms with E-state index in [1.54, 1.807) is 6.20 Å². The normalized spacial score (nSPS) is 23.0. The fourth-order valence-corrected chi connectivity index (χ4v) is 3.11. The number of ketones is 1. The van der Waals surface area contributed by atoms with Gasteiger partial charge in [0.2, 0.25) is 0 Å². The molecule has 1 aromatic heterocycles.